The molecule has 0 spiro atoms. The molecule has 0 saturated carbocycles. The minimum atomic E-state index is 1.16. The van der Waals surface area contributed by atoms with E-state index < -0.39 is 0 Å². The normalized spacial score (nSPS) is 13.5. The van der Waals surface area contributed by atoms with Crippen molar-refractivity contribution >= 4 is 0 Å². The van der Waals surface area contributed by atoms with Crippen molar-refractivity contribution in [3.05, 3.63) is 60.8 Å². The van der Waals surface area contributed by atoms with Gasteiger partial charge in [0.1, 0.15) is 0 Å². The van der Waals surface area contributed by atoms with Crippen LogP contribution in [0, 0.1) is 0 Å². The Bertz CT molecular complexity index is 237. The molecule has 0 amide bonds. The van der Waals surface area contributed by atoms with Gasteiger partial charge in [-0.25, -0.2) is 0 Å². The van der Waals surface area contributed by atoms with E-state index in [4.69, 9.17) is 0 Å². The van der Waals surface area contributed by atoms with Gasteiger partial charge >= 0.3 is 0 Å². The van der Waals surface area contributed by atoms with E-state index in [1.165, 1.54) is 5.57 Å². The fraction of sp³-hybridized carbons (Fsp3) is 0.167. The molecule has 0 saturated heterocycles. The van der Waals surface area contributed by atoms with Crippen LogP contribution in [0.1, 0.15) is 13.8 Å². The molecule has 0 aromatic heterocycles. The first kappa shape index (κ1) is 10.7. The van der Waals surface area contributed by atoms with E-state index in [-0.39, 0.29) is 0 Å². The van der Waals surface area contributed by atoms with Gasteiger partial charge in [-0.1, -0.05) is 60.8 Å². The number of rotatable bonds is 4. The maximum Gasteiger partial charge on any atom is -0.0398 e. The van der Waals surface area contributed by atoms with Crippen molar-refractivity contribution in [2.75, 3.05) is 0 Å². The second-order valence-corrected chi connectivity index (χ2v) is 2.62. The summed E-state index contributed by atoms with van der Waals surface area (Å²) in [5, 5.41) is 0. The molecule has 0 atom stereocenters. The van der Waals surface area contributed by atoms with E-state index in [2.05, 4.69) is 13.2 Å². The summed E-state index contributed by atoms with van der Waals surface area (Å²) in [5.74, 6) is 0. The third kappa shape index (κ3) is 5.48. The third-order valence-corrected chi connectivity index (χ3v) is 1.42. The monoisotopic (exact) mass is 160 g/mol. The number of hydrogen-bond donors (Lipinski definition) is 0. The fourth-order valence-corrected chi connectivity index (χ4v) is 0.661. The molecule has 0 aliphatic rings. The van der Waals surface area contributed by atoms with Gasteiger partial charge in [-0.15, -0.1) is 0 Å². The van der Waals surface area contributed by atoms with Gasteiger partial charge in [0.05, 0.1) is 0 Å². The smallest absolute Gasteiger partial charge is 0.0398 e. The Morgan fingerprint density at radius 1 is 1.00 bits per heavy atom. The molecule has 64 valence electrons. The molecule has 0 radical (unpaired) electrons. The molecule has 0 heterocycles. The molecule has 0 heteroatoms. The lowest BCUT2D eigenvalue weighted by molar-refractivity contribution is 1.50. The van der Waals surface area contributed by atoms with Crippen LogP contribution >= 0.6 is 0 Å². The van der Waals surface area contributed by atoms with Crippen molar-refractivity contribution in [3.8, 4) is 0 Å². The lowest BCUT2D eigenvalue weighted by atomic mass is 10.2. The zero-order valence-corrected chi connectivity index (χ0v) is 7.88. The quantitative estimate of drug-likeness (QED) is 0.549. The van der Waals surface area contributed by atoms with Crippen molar-refractivity contribution in [3.63, 3.8) is 0 Å². The summed E-state index contributed by atoms with van der Waals surface area (Å²) < 4.78 is 0. The van der Waals surface area contributed by atoms with Crippen molar-refractivity contribution in [1.82, 2.24) is 0 Å². The molecular formula is C12H16. The highest BCUT2D eigenvalue weighted by atomic mass is 13.8. The van der Waals surface area contributed by atoms with Crippen LogP contribution in [0.3, 0.4) is 0 Å². The van der Waals surface area contributed by atoms with Gasteiger partial charge in [0.15, 0.2) is 0 Å². The van der Waals surface area contributed by atoms with Crippen molar-refractivity contribution in [1.29, 1.82) is 0 Å². The zero-order chi connectivity index (χ0) is 9.40. The highest BCUT2D eigenvalue weighted by molar-refractivity contribution is 5.27. The Balaban J connectivity index is 4.16. The molecule has 12 heavy (non-hydrogen) atoms. The highest BCUT2D eigenvalue weighted by Gasteiger charge is 1.77. The molecule has 0 fully saturated rings. The Kier molecular flexibility index (Phi) is 5.72. The molecule has 0 aliphatic heterocycles. The van der Waals surface area contributed by atoms with E-state index in [0.29, 0.717) is 0 Å². The first-order valence-corrected chi connectivity index (χ1v) is 3.97. The van der Waals surface area contributed by atoms with Crippen LogP contribution in [0.2, 0.25) is 0 Å². The average Bonchev–Trinajstić information content (AvgIpc) is 2.04. The predicted molar refractivity (Wildman–Crippen MR) is 57.0 cm³/mol. The van der Waals surface area contributed by atoms with Gasteiger partial charge < -0.3 is 0 Å². The van der Waals surface area contributed by atoms with Crippen LogP contribution in [0.5, 0.6) is 0 Å². The number of allylic oxidation sites excluding steroid dienone is 8. The van der Waals surface area contributed by atoms with Gasteiger partial charge in [0.25, 0.3) is 0 Å². The van der Waals surface area contributed by atoms with E-state index in [1.54, 1.807) is 6.08 Å². The summed E-state index contributed by atoms with van der Waals surface area (Å²) in [7, 11) is 0. The molecule has 0 aliphatic carbocycles. The molecule has 0 nitrogen and oxygen atoms in total. The van der Waals surface area contributed by atoms with E-state index in [1.807, 2.05) is 44.2 Å². The van der Waals surface area contributed by atoms with Gasteiger partial charge in [0.2, 0.25) is 0 Å². The van der Waals surface area contributed by atoms with Gasteiger partial charge in [-0.2, -0.15) is 0 Å². The van der Waals surface area contributed by atoms with E-state index in [9.17, 15) is 0 Å². The second-order valence-electron chi connectivity index (χ2n) is 2.62. The maximum absolute atomic E-state index is 3.66. The molecule has 0 aromatic rings. The summed E-state index contributed by atoms with van der Waals surface area (Å²) in [6, 6.07) is 0. The molecular weight excluding hydrogens is 144 g/mol. The predicted octanol–water partition coefficient (Wildman–Crippen LogP) is 3.81. The van der Waals surface area contributed by atoms with Crippen LogP contribution in [-0.4, -0.2) is 0 Å². The van der Waals surface area contributed by atoms with Gasteiger partial charge in [-0.05, 0) is 13.8 Å². The van der Waals surface area contributed by atoms with Crippen LogP contribution < -0.4 is 0 Å². The fourth-order valence-electron chi connectivity index (χ4n) is 0.661. The first-order valence-electron chi connectivity index (χ1n) is 3.97. The summed E-state index contributed by atoms with van der Waals surface area (Å²) in [4.78, 5) is 0. The van der Waals surface area contributed by atoms with Crippen molar-refractivity contribution in [2.45, 2.75) is 13.8 Å². The van der Waals surface area contributed by atoms with Gasteiger partial charge in [0, 0.05) is 0 Å². The Morgan fingerprint density at radius 3 is 2.17 bits per heavy atom. The maximum atomic E-state index is 3.66. The average molecular weight is 160 g/mol. The third-order valence-electron chi connectivity index (χ3n) is 1.42. The largest absolute Gasteiger partial charge is 0.0991 e. The van der Waals surface area contributed by atoms with Crippen molar-refractivity contribution in [2.24, 2.45) is 0 Å². The summed E-state index contributed by atoms with van der Waals surface area (Å²) >= 11 is 0. The summed E-state index contributed by atoms with van der Waals surface area (Å²) in [5.41, 5.74) is 2.36. The summed E-state index contributed by atoms with van der Waals surface area (Å²) in [6.07, 6.45) is 11.6. The molecule has 0 bridgehead atoms. The van der Waals surface area contributed by atoms with E-state index >= 15 is 0 Å². The van der Waals surface area contributed by atoms with Crippen LogP contribution in [0.4, 0.5) is 0 Å². The van der Waals surface area contributed by atoms with Crippen LogP contribution in [0.25, 0.3) is 0 Å². The van der Waals surface area contributed by atoms with E-state index in [0.717, 1.165) is 5.57 Å². The minimum Gasteiger partial charge on any atom is -0.0991 e. The number of hydrogen-bond acceptors (Lipinski definition) is 0. The van der Waals surface area contributed by atoms with Crippen LogP contribution in [-0.2, 0) is 0 Å². The van der Waals surface area contributed by atoms with Gasteiger partial charge in [-0.3, -0.25) is 0 Å². The zero-order valence-electron chi connectivity index (χ0n) is 7.88. The van der Waals surface area contributed by atoms with Crippen LogP contribution in [0.15, 0.2) is 60.8 Å². The van der Waals surface area contributed by atoms with Crippen molar-refractivity contribution < 1.29 is 0 Å². The molecule has 0 N–H and O–H groups in total. The topological polar surface area (TPSA) is 0 Å². The SMILES string of the molecule is C=C/C=C(C)/C=C\C=C(/C)C=C. The molecule has 0 aromatic carbocycles. The molecule has 0 rings (SSSR count). The lowest BCUT2D eigenvalue weighted by Gasteiger charge is -1.87. The lowest BCUT2D eigenvalue weighted by Crippen LogP contribution is -1.66. The first-order chi connectivity index (χ1) is 5.70. The Hall–Kier alpha value is -1.30. The standard InChI is InChI=1S/C12H16/c1-5-8-12(4)10-7-9-11(3)6-2/h5-10H,1-2H2,3-4H3/b10-7-,11-9+,12-8+. The second kappa shape index (κ2) is 6.41. The Labute approximate surface area is 75.3 Å². The summed E-state index contributed by atoms with van der Waals surface area (Å²) in [6.45, 7) is 11.3. The Morgan fingerprint density at radius 2 is 1.67 bits per heavy atom. The molecule has 0 unspecified atom stereocenters. The highest BCUT2D eigenvalue weighted by Crippen LogP contribution is 1.98. The minimum absolute atomic E-state index is 1.16.